The van der Waals surface area contributed by atoms with Crippen LogP contribution in [0, 0.1) is 5.92 Å². The molecule has 26 heavy (non-hydrogen) atoms. The van der Waals surface area contributed by atoms with Gasteiger partial charge in [0.15, 0.2) is 0 Å². The van der Waals surface area contributed by atoms with E-state index in [0.29, 0.717) is 12.5 Å². The number of ether oxygens (including phenoxy) is 1. The van der Waals surface area contributed by atoms with Crippen LogP contribution in [-0.2, 0) is 4.74 Å². The molecule has 2 N–H and O–H groups in total. The fraction of sp³-hybridized carbons (Fsp3) is 0.409. The summed E-state index contributed by atoms with van der Waals surface area (Å²) in [5, 5.41) is 12.7. The Morgan fingerprint density at radius 2 is 1.69 bits per heavy atom. The van der Waals surface area contributed by atoms with Gasteiger partial charge in [0.1, 0.15) is 6.61 Å². The van der Waals surface area contributed by atoms with Crippen LogP contribution in [0.4, 0.5) is 4.79 Å². The number of aliphatic hydroxyl groups excluding tert-OH is 1. The number of nitrogens with one attached hydrogen (secondary N) is 1. The van der Waals surface area contributed by atoms with Crippen LogP contribution in [-0.4, -0.2) is 30.5 Å². The molecule has 4 nitrogen and oxygen atoms in total. The molecular formula is C22H25NO3. The van der Waals surface area contributed by atoms with Gasteiger partial charge in [-0.3, -0.25) is 0 Å². The van der Waals surface area contributed by atoms with E-state index in [4.69, 9.17) is 4.74 Å². The maximum Gasteiger partial charge on any atom is 0.407 e. The minimum absolute atomic E-state index is 0.0630. The third-order valence-electron chi connectivity index (χ3n) is 5.66. The number of fused-ring (bicyclic) bond motifs is 3. The van der Waals surface area contributed by atoms with Crippen molar-refractivity contribution >= 4 is 6.09 Å². The number of carbonyl (C=O) groups is 1. The second-order valence-electron chi connectivity index (χ2n) is 7.39. The molecule has 1 fully saturated rings. The first-order valence-corrected chi connectivity index (χ1v) is 9.49. The van der Waals surface area contributed by atoms with E-state index in [9.17, 15) is 9.90 Å². The van der Waals surface area contributed by atoms with Crippen molar-refractivity contribution in [2.75, 3.05) is 13.2 Å². The Morgan fingerprint density at radius 1 is 1.08 bits per heavy atom. The Labute approximate surface area is 154 Å². The first-order chi connectivity index (χ1) is 12.7. The molecule has 2 aliphatic carbocycles. The normalized spacial score (nSPS) is 17.1. The van der Waals surface area contributed by atoms with Gasteiger partial charge in [-0.05, 0) is 34.6 Å². The van der Waals surface area contributed by atoms with Gasteiger partial charge in [-0.25, -0.2) is 4.79 Å². The highest BCUT2D eigenvalue weighted by molar-refractivity contribution is 5.79. The maximum absolute atomic E-state index is 12.1. The van der Waals surface area contributed by atoms with E-state index in [2.05, 4.69) is 29.6 Å². The summed E-state index contributed by atoms with van der Waals surface area (Å²) in [5.41, 5.74) is 4.83. The van der Waals surface area contributed by atoms with Crippen LogP contribution in [0.1, 0.15) is 42.7 Å². The van der Waals surface area contributed by atoms with E-state index in [-0.39, 0.29) is 12.5 Å². The number of amides is 1. The summed E-state index contributed by atoms with van der Waals surface area (Å²) in [6.45, 7) is 0.561. The molecule has 136 valence electrons. The highest BCUT2D eigenvalue weighted by Gasteiger charge is 2.29. The largest absolute Gasteiger partial charge is 0.449 e. The van der Waals surface area contributed by atoms with Crippen molar-refractivity contribution in [3.63, 3.8) is 0 Å². The average Bonchev–Trinajstić information content (AvgIpc) is 2.95. The first-order valence-electron chi connectivity index (χ1n) is 9.49. The fourth-order valence-corrected chi connectivity index (χ4v) is 4.05. The van der Waals surface area contributed by atoms with Gasteiger partial charge >= 0.3 is 6.09 Å². The summed E-state index contributed by atoms with van der Waals surface area (Å²) in [4.78, 5) is 12.1. The minimum Gasteiger partial charge on any atom is -0.449 e. The Bertz CT molecular complexity index is 739. The first kappa shape index (κ1) is 17.1. The summed E-state index contributed by atoms with van der Waals surface area (Å²) >= 11 is 0. The molecule has 0 saturated heterocycles. The third-order valence-corrected chi connectivity index (χ3v) is 5.66. The Hall–Kier alpha value is -2.33. The third kappa shape index (κ3) is 3.47. The van der Waals surface area contributed by atoms with Gasteiger partial charge in [0.2, 0.25) is 0 Å². The highest BCUT2D eigenvalue weighted by atomic mass is 16.5. The number of hydrogen-bond acceptors (Lipinski definition) is 3. The lowest BCUT2D eigenvalue weighted by Gasteiger charge is -2.27. The molecule has 0 bridgehead atoms. The number of rotatable bonds is 6. The molecule has 0 radical (unpaired) electrons. The van der Waals surface area contributed by atoms with Crippen LogP contribution >= 0.6 is 0 Å². The van der Waals surface area contributed by atoms with Crippen molar-refractivity contribution in [1.29, 1.82) is 0 Å². The minimum atomic E-state index is -0.485. The Morgan fingerprint density at radius 3 is 2.27 bits per heavy atom. The van der Waals surface area contributed by atoms with Gasteiger partial charge in [-0.1, -0.05) is 67.8 Å². The Balaban J connectivity index is 1.33. The van der Waals surface area contributed by atoms with Gasteiger partial charge in [-0.2, -0.15) is 0 Å². The van der Waals surface area contributed by atoms with Crippen molar-refractivity contribution in [2.24, 2.45) is 5.92 Å². The molecule has 0 aliphatic heterocycles. The zero-order chi connectivity index (χ0) is 17.9. The summed E-state index contributed by atoms with van der Waals surface area (Å²) in [6, 6.07) is 16.6. The zero-order valence-electron chi connectivity index (χ0n) is 14.9. The smallest absolute Gasteiger partial charge is 0.407 e. The van der Waals surface area contributed by atoms with Gasteiger partial charge in [-0.15, -0.1) is 0 Å². The standard InChI is InChI=1S/C22H25NO3/c24-16(12-15-6-5-7-15)13-23-22(25)26-14-21-19-10-3-1-8-17(19)18-9-2-4-11-20(18)21/h1-4,8-11,15-16,21,24H,5-7,12-14H2,(H,23,25). The zero-order valence-corrected chi connectivity index (χ0v) is 14.9. The lowest BCUT2D eigenvalue weighted by atomic mass is 9.81. The molecule has 0 aromatic heterocycles. The van der Waals surface area contributed by atoms with Crippen LogP contribution in [0.15, 0.2) is 48.5 Å². The molecule has 1 unspecified atom stereocenters. The van der Waals surface area contributed by atoms with Crippen molar-refractivity contribution in [3.05, 3.63) is 59.7 Å². The van der Waals surface area contributed by atoms with Gasteiger partial charge in [0, 0.05) is 12.5 Å². The summed E-state index contributed by atoms with van der Waals surface area (Å²) < 4.78 is 5.47. The SMILES string of the molecule is O=C(NCC(O)CC1CCC1)OCC1c2ccccc2-c2ccccc21. The summed E-state index contributed by atoms with van der Waals surface area (Å²) in [7, 11) is 0. The van der Waals surface area contributed by atoms with Crippen molar-refractivity contribution in [3.8, 4) is 11.1 Å². The molecule has 2 aliphatic rings. The molecular weight excluding hydrogens is 326 g/mol. The predicted octanol–water partition coefficient (Wildman–Crippen LogP) is 4.08. The molecule has 2 aromatic rings. The van der Waals surface area contributed by atoms with E-state index in [1.165, 1.54) is 41.5 Å². The molecule has 1 saturated carbocycles. The number of carbonyl (C=O) groups excluding carboxylic acids is 1. The monoisotopic (exact) mass is 351 g/mol. The fourth-order valence-electron chi connectivity index (χ4n) is 4.05. The number of benzene rings is 2. The lowest BCUT2D eigenvalue weighted by molar-refractivity contribution is 0.104. The van der Waals surface area contributed by atoms with Gasteiger partial charge < -0.3 is 15.2 Å². The van der Waals surface area contributed by atoms with Crippen LogP contribution in [0.5, 0.6) is 0 Å². The summed E-state index contributed by atoms with van der Waals surface area (Å²) in [6.07, 6.45) is 3.48. The number of aliphatic hydroxyl groups is 1. The number of alkyl carbamates (subject to hydrolysis) is 1. The average molecular weight is 351 g/mol. The molecule has 4 heteroatoms. The Kier molecular flexibility index (Phi) is 4.93. The van der Waals surface area contributed by atoms with Crippen molar-refractivity contribution in [1.82, 2.24) is 5.32 Å². The van der Waals surface area contributed by atoms with Crippen molar-refractivity contribution < 1.29 is 14.6 Å². The lowest BCUT2D eigenvalue weighted by Crippen LogP contribution is -2.35. The van der Waals surface area contributed by atoms with Gasteiger partial charge in [0.25, 0.3) is 0 Å². The predicted molar refractivity (Wildman–Crippen MR) is 101 cm³/mol. The second kappa shape index (κ2) is 7.50. The van der Waals surface area contributed by atoms with Gasteiger partial charge in [0.05, 0.1) is 6.10 Å². The quantitative estimate of drug-likeness (QED) is 0.824. The van der Waals surface area contributed by atoms with Crippen LogP contribution in [0.2, 0.25) is 0 Å². The van der Waals surface area contributed by atoms with Crippen molar-refractivity contribution in [2.45, 2.75) is 37.7 Å². The van der Waals surface area contributed by atoms with E-state index in [1.807, 2.05) is 24.3 Å². The van der Waals surface area contributed by atoms with E-state index < -0.39 is 12.2 Å². The molecule has 0 spiro atoms. The maximum atomic E-state index is 12.1. The van der Waals surface area contributed by atoms with Crippen LogP contribution < -0.4 is 5.32 Å². The number of hydrogen-bond donors (Lipinski definition) is 2. The molecule has 4 rings (SSSR count). The topological polar surface area (TPSA) is 58.6 Å². The van der Waals surface area contributed by atoms with E-state index in [1.54, 1.807) is 0 Å². The molecule has 0 heterocycles. The second-order valence-corrected chi connectivity index (χ2v) is 7.39. The molecule has 2 aromatic carbocycles. The highest BCUT2D eigenvalue weighted by Crippen LogP contribution is 2.44. The van der Waals surface area contributed by atoms with E-state index in [0.717, 1.165) is 6.42 Å². The van der Waals surface area contributed by atoms with Crippen LogP contribution in [0.25, 0.3) is 11.1 Å². The molecule has 1 atom stereocenters. The van der Waals surface area contributed by atoms with E-state index >= 15 is 0 Å². The molecule has 1 amide bonds. The summed E-state index contributed by atoms with van der Waals surface area (Å²) in [5.74, 6) is 0.683. The van der Waals surface area contributed by atoms with Crippen LogP contribution in [0.3, 0.4) is 0 Å².